The van der Waals surface area contributed by atoms with Gasteiger partial charge in [0.05, 0.1) is 12.2 Å². The van der Waals surface area contributed by atoms with Crippen molar-refractivity contribution in [2.45, 2.75) is 58.3 Å². The van der Waals surface area contributed by atoms with Crippen LogP contribution in [0.3, 0.4) is 0 Å². The summed E-state index contributed by atoms with van der Waals surface area (Å²) < 4.78 is 6.01. The van der Waals surface area contributed by atoms with Gasteiger partial charge in [0.2, 0.25) is 0 Å². The monoisotopic (exact) mass is 247 g/mol. The molecular formula is C16H25NO. The van der Waals surface area contributed by atoms with Crippen LogP contribution in [-0.4, -0.2) is 24.8 Å². The van der Waals surface area contributed by atoms with Gasteiger partial charge in [0, 0.05) is 6.04 Å². The van der Waals surface area contributed by atoms with E-state index in [0.29, 0.717) is 18.2 Å². The molecule has 0 aromatic heterocycles. The van der Waals surface area contributed by atoms with Crippen molar-refractivity contribution in [1.82, 2.24) is 5.32 Å². The van der Waals surface area contributed by atoms with Crippen LogP contribution in [0, 0.1) is 6.92 Å². The largest absolute Gasteiger partial charge is 0.374 e. The Balaban J connectivity index is 1.99. The number of hydrogen-bond donors (Lipinski definition) is 1. The summed E-state index contributed by atoms with van der Waals surface area (Å²) in [5.74, 6) is 0. The fourth-order valence-electron chi connectivity index (χ4n) is 2.70. The van der Waals surface area contributed by atoms with E-state index in [1.807, 2.05) is 0 Å². The molecule has 1 aromatic rings. The van der Waals surface area contributed by atoms with Crippen molar-refractivity contribution < 1.29 is 4.74 Å². The molecule has 1 saturated heterocycles. The predicted molar refractivity (Wildman–Crippen MR) is 75.9 cm³/mol. The zero-order valence-electron chi connectivity index (χ0n) is 11.8. The highest BCUT2D eigenvalue weighted by Crippen LogP contribution is 2.23. The van der Waals surface area contributed by atoms with E-state index >= 15 is 0 Å². The molecular weight excluding hydrogens is 222 g/mol. The van der Waals surface area contributed by atoms with Crippen molar-refractivity contribution in [2.75, 3.05) is 6.54 Å². The molecule has 0 amide bonds. The van der Waals surface area contributed by atoms with Crippen LogP contribution in [-0.2, 0) is 11.2 Å². The smallest absolute Gasteiger partial charge is 0.0735 e. The quantitative estimate of drug-likeness (QED) is 0.863. The van der Waals surface area contributed by atoms with Crippen LogP contribution in [0.2, 0.25) is 0 Å². The van der Waals surface area contributed by atoms with E-state index in [1.165, 1.54) is 24.0 Å². The number of rotatable bonds is 5. The van der Waals surface area contributed by atoms with Crippen molar-refractivity contribution >= 4 is 0 Å². The van der Waals surface area contributed by atoms with Gasteiger partial charge in [0.1, 0.15) is 0 Å². The van der Waals surface area contributed by atoms with Crippen molar-refractivity contribution in [1.29, 1.82) is 0 Å². The number of nitrogens with one attached hydrogen (secondary N) is 1. The number of benzene rings is 1. The van der Waals surface area contributed by atoms with Gasteiger partial charge in [-0.05, 0) is 45.2 Å². The molecule has 1 aliphatic rings. The first-order chi connectivity index (χ1) is 8.69. The van der Waals surface area contributed by atoms with Gasteiger partial charge in [-0.2, -0.15) is 0 Å². The molecule has 0 aliphatic carbocycles. The zero-order chi connectivity index (χ0) is 13.0. The minimum atomic E-state index is 0.376. The molecule has 1 fully saturated rings. The van der Waals surface area contributed by atoms with Crippen LogP contribution < -0.4 is 5.32 Å². The van der Waals surface area contributed by atoms with Crippen molar-refractivity contribution in [3.8, 4) is 0 Å². The Kier molecular flexibility index (Phi) is 4.79. The Bertz CT molecular complexity index is 360. The highest BCUT2D eigenvalue weighted by atomic mass is 16.5. The summed E-state index contributed by atoms with van der Waals surface area (Å²) in [6.07, 6.45) is 4.24. The normalized spacial score (nSPS) is 25.3. The summed E-state index contributed by atoms with van der Waals surface area (Å²) in [4.78, 5) is 0. The first-order valence-corrected chi connectivity index (χ1v) is 7.13. The lowest BCUT2D eigenvalue weighted by Crippen LogP contribution is -2.41. The van der Waals surface area contributed by atoms with Gasteiger partial charge in [-0.1, -0.05) is 36.8 Å². The minimum Gasteiger partial charge on any atom is -0.374 e. The molecule has 0 spiro atoms. The second-order valence-electron chi connectivity index (χ2n) is 5.42. The minimum absolute atomic E-state index is 0.376. The maximum Gasteiger partial charge on any atom is 0.0735 e. The molecule has 3 unspecified atom stereocenters. The second-order valence-corrected chi connectivity index (χ2v) is 5.42. The summed E-state index contributed by atoms with van der Waals surface area (Å²) >= 11 is 0. The average Bonchev–Trinajstić information content (AvgIpc) is 2.78. The van der Waals surface area contributed by atoms with E-state index in [4.69, 9.17) is 4.74 Å². The third kappa shape index (κ3) is 3.56. The lowest BCUT2D eigenvalue weighted by molar-refractivity contribution is 0.0324. The lowest BCUT2D eigenvalue weighted by atomic mass is 9.98. The first-order valence-electron chi connectivity index (χ1n) is 7.13. The Morgan fingerprint density at radius 1 is 1.28 bits per heavy atom. The van der Waals surface area contributed by atoms with E-state index in [-0.39, 0.29) is 0 Å². The third-order valence-electron chi connectivity index (χ3n) is 3.76. The zero-order valence-corrected chi connectivity index (χ0v) is 11.8. The summed E-state index contributed by atoms with van der Waals surface area (Å²) in [5, 5.41) is 3.58. The van der Waals surface area contributed by atoms with Crippen LogP contribution >= 0.6 is 0 Å². The van der Waals surface area contributed by atoms with Crippen LogP contribution in [0.5, 0.6) is 0 Å². The SMILES string of the molecule is CCNC(Cc1ccc(C)cc1)C1CCC(C)O1. The molecule has 1 heterocycles. The molecule has 1 aromatic carbocycles. The van der Waals surface area contributed by atoms with Gasteiger partial charge in [-0.25, -0.2) is 0 Å². The summed E-state index contributed by atoms with van der Waals surface area (Å²) in [5.41, 5.74) is 2.72. The van der Waals surface area contributed by atoms with Crippen molar-refractivity contribution in [3.63, 3.8) is 0 Å². The molecule has 2 nitrogen and oxygen atoms in total. The van der Waals surface area contributed by atoms with Crippen LogP contribution in [0.15, 0.2) is 24.3 Å². The van der Waals surface area contributed by atoms with Gasteiger partial charge in [0.15, 0.2) is 0 Å². The molecule has 0 saturated carbocycles. The van der Waals surface area contributed by atoms with Crippen LogP contribution in [0.25, 0.3) is 0 Å². The Morgan fingerprint density at radius 2 is 2.00 bits per heavy atom. The van der Waals surface area contributed by atoms with Crippen molar-refractivity contribution in [3.05, 3.63) is 35.4 Å². The number of hydrogen-bond acceptors (Lipinski definition) is 2. The number of ether oxygens (including phenoxy) is 1. The first kappa shape index (κ1) is 13.6. The topological polar surface area (TPSA) is 21.3 Å². The van der Waals surface area contributed by atoms with Gasteiger partial charge in [-0.15, -0.1) is 0 Å². The number of likely N-dealkylation sites (N-methyl/N-ethyl adjacent to an activating group) is 1. The summed E-state index contributed by atoms with van der Waals surface area (Å²) in [6.45, 7) is 7.48. The van der Waals surface area contributed by atoms with E-state index in [0.717, 1.165) is 13.0 Å². The molecule has 2 rings (SSSR count). The fourth-order valence-corrected chi connectivity index (χ4v) is 2.70. The van der Waals surface area contributed by atoms with Gasteiger partial charge < -0.3 is 10.1 Å². The van der Waals surface area contributed by atoms with E-state index < -0.39 is 0 Å². The molecule has 100 valence electrons. The van der Waals surface area contributed by atoms with Crippen LogP contribution in [0.1, 0.15) is 37.8 Å². The van der Waals surface area contributed by atoms with E-state index in [1.54, 1.807) is 0 Å². The van der Waals surface area contributed by atoms with Gasteiger partial charge in [-0.3, -0.25) is 0 Å². The Morgan fingerprint density at radius 3 is 2.56 bits per heavy atom. The molecule has 3 atom stereocenters. The second kappa shape index (κ2) is 6.35. The van der Waals surface area contributed by atoms with Gasteiger partial charge in [0.25, 0.3) is 0 Å². The predicted octanol–water partition coefficient (Wildman–Crippen LogP) is 3.08. The molecule has 1 N–H and O–H groups in total. The average molecular weight is 247 g/mol. The number of aryl methyl sites for hydroxylation is 1. The van der Waals surface area contributed by atoms with E-state index in [9.17, 15) is 0 Å². The molecule has 2 heteroatoms. The molecule has 18 heavy (non-hydrogen) atoms. The molecule has 0 radical (unpaired) electrons. The molecule has 0 bridgehead atoms. The highest BCUT2D eigenvalue weighted by Gasteiger charge is 2.29. The van der Waals surface area contributed by atoms with Gasteiger partial charge >= 0.3 is 0 Å². The van der Waals surface area contributed by atoms with Crippen LogP contribution in [0.4, 0.5) is 0 Å². The summed E-state index contributed by atoms with van der Waals surface area (Å²) in [6, 6.07) is 9.30. The van der Waals surface area contributed by atoms with E-state index in [2.05, 4.69) is 50.4 Å². The third-order valence-corrected chi connectivity index (χ3v) is 3.76. The molecule has 1 aliphatic heterocycles. The highest BCUT2D eigenvalue weighted by molar-refractivity contribution is 5.22. The maximum atomic E-state index is 6.01. The standard InChI is InChI=1S/C16H25NO/c1-4-17-15(16-10-7-13(3)18-16)11-14-8-5-12(2)6-9-14/h5-6,8-9,13,15-17H,4,7,10-11H2,1-3H3. The fraction of sp³-hybridized carbons (Fsp3) is 0.625. The Hall–Kier alpha value is -0.860. The van der Waals surface area contributed by atoms with Crippen molar-refractivity contribution in [2.24, 2.45) is 0 Å². The Labute approximate surface area is 111 Å². The maximum absolute atomic E-state index is 6.01. The lowest BCUT2D eigenvalue weighted by Gasteiger charge is -2.24. The summed E-state index contributed by atoms with van der Waals surface area (Å²) in [7, 11) is 0.